The molecule has 0 spiro atoms. The first kappa shape index (κ1) is 11.3. The molecule has 0 aromatic heterocycles. The molecule has 0 fully saturated rings. The molecule has 2 aliphatic carbocycles. The fourth-order valence-corrected chi connectivity index (χ4v) is 14.2. The van der Waals surface area contributed by atoms with Crippen molar-refractivity contribution in [1.82, 2.24) is 0 Å². The van der Waals surface area contributed by atoms with Crippen molar-refractivity contribution in [2.24, 2.45) is 0 Å². The average molecular weight is 280 g/mol. The molecule has 2 rings (SSSR count). The van der Waals surface area contributed by atoms with E-state index in [0.29, 0.717) is 0 Å². The molecule has 0 unspecified atom stereocenters. The van der Waals surface area contributed by atoms with Gasteiger partial charge in [0.2, 0.25) is 0 Å². The first-order chi connectivity index (χ1) is 7.33. The van der Waals surface area contributed by atoms with Gasteiger partial charge < -0.3 is 0 Å². The quantitative estimate of drug-likeness (QED) is 0.699. The predicted octanol–water partition coefficient (Wildman–Crippen LogP) is 4.70. The van der Waals surface area contributed by atoms with Crippen LogP contribution in [0.5, 0.6) is 0 Å². The minimum absolute atomic E-state index is 1.25. The van der Waals surface area contributed by atoms with Gasteiger partial charge in [-0.15, -0.1) is 0 Å². The van der Waals surface area contributed by atoms with Crippen LogP contribution in [0, 0.1) is 0 Å². The van der Waals surface area contributed by atoms with Gasteiger partial charge in [0.1, 0.15) is 0 Å². The summed E-state index contributed by atoms with van der Waals surface area (Å²) in [6, 6.07) is 0. The van der Waals surface area contributed by atoms with E-state index in [9.17, 15) is 0 Å². The molecule has 0 aromatic carbocycles. The van der Waals surface area contributed by atoms with Crippen LogP contribution in [0.4, 0.5) is 0 Å². The summed E-state index contributed by atoms with van der Waals surface area (Å²) in [5.41, 5.74) is 0. The van der Waals surface area contributed by atoms with Crippen LogP contribution in [0.2, 0.25) is 8.26 Å². The molecule has 0 aliphatic heterocycles. The molecule has 0 saturated heterocycles. The fraction of sp³-hybridized carbons (Fsp3) is 0.429. The van der Waals surface area contributed by atoms with Gasteiger partial charge in [-0.25, -0.2) is 0 Å². The Morgan fingerprint density at radius 3 is 1.67 bits per heavy atom. The topological polar surface area (TPSA) is 0 Å². The normalized spacial score (nSPS) is 19.6. The van der Waals surface area contributed by atoms with Gasteiger partial charge in [-0.2, -0.15) is 0 Å². The number of hydrogen-bond donors (Lipinski definition) is 0. The van der Waals surface area contributed by atoms with Crippen LogP contribution < -0.4 is 0 Å². The second-order valence-electron chi connectivity index (χ2n) is 4.44. The Bertz CT molecular complexity index is 320. The van der Waals surface area contributed by atoms with E-state index < -0.39 is 20.3 Å². The third-order valence-corrected chi connectivity index (χ3v) is 17.8. The van der Waals surface area contributed by atoms with Crippen LogP contribution in [0.1, 0.15) is 26.7 Å². The van der Waals surface area contributed by atoms with Crippen LogP contribution in [0.15, 0.2) is 43.0 Å². The number of rotatable bonds is 4. The molecule has 0 saturated carbocycles. The van der Waals surface area contributed by atoms with Crippen molar-refractivity contribution in [2.45, 2.75) is 34.9 Å². The molecule has 0 atom stereocenters. The maximum atomic E-state index is 2.42. The Morgan fingerprint density at radius 2 is 1.40 bits per heavy atom. The zero-order valence-corrected chi connectivity index (χ0v) is 12.3. The molecule has 0 nitrogen and oxygen atoms in total. The summed E-state index contributed by atoms with van der Waals surface area (Å²) in [5.74, 6) is 0. The van der Waals surface area contributed by atoms with E-state index in [4.69, 9.17) is 0 Å². The maximum absolute atomic E-state index is 2.42. The second-order valence-corrected chi connectivity index (χ2v) is 16.4. The van der Waals surface area contributed by atoms with Gasteiger partial charge in [-0.05, 0) is 0 Å². The van der Waals surface area contributed by atoms with E-state index >= 15 is 0 Å². The van der Waals surface area contributed by atoms with Crippen LogP contribution in [-0.2, 0) is 20.3 Å². The van der Waals surface area contributed by atoms with Crippen molar-refractivity contribution in [2.75, 3.05) is 0 Å². The Kier molecular flexibility index (Phi) is 3.62. The molecule has 1 heteroatoms. The predicted molar refractivity (Wildman–Crippen MR) is 64.6 cm³/mol. The summed E-state index contributed by atoms with van der Waals surface area (Å²) in [4.78, 5) is 0. The Labute approximate surface area is 97.9 Å². The Hall–Kier alpha value is -0.157. The van der Waals surface area contributed by atoms with Gasteiger partial charge in [-0.3, -0.25) is 0 Å². The van der Waals surface area contributed by atoms with Crippen molar-refractivity contribution >= 4 is 0 Å². The summed E-state index contributed by atoms with van der Waals surface area (Å²) in [6.07, 6.45) is 16.5. The van der Waals surface area contributed by atoms with Gasteiger partial charge in [0.15, 0.2) is 0 Å². The van der Waals surface area contributed by atoms with Gasteiger partial charge in [0.05, 0.1) is 0 Å². The molecule has 0 bridgehead atoms. The zero-order chi connectivity index (χ0) is 10.7. The SMILES string of the molecule is C[CH2][Zr]([CH2]C)([C]1=CC=CC1)[C]1=CC=CC1. The summed E-state index contributed by atoms with van der Waals surface area (Å²) in [6.45, 7) is 4.83. The number of allylic oxidation sites excluding steroid dienone is 8. The summed E-state index contributed by atoms with van der Waals surface area (Å²) < 4.78 is 6.52. The van der Waals surface area contributed by atoms with E-state index in [-0.39, 0.29) is 0 Å². The van der Waals surface area contributed by atoms with Gasteiger partial charge in [-0.1, -0.05) is 0 Å². The molecule has 0 amide bonds. The molecular formula is C14H20Zr. The van der Waals surface area contributed by atoms with E-state index in [2.05, 4.69) is 50.3 Å². The molecular weight excluding hydrogens is 259 g/mol. The van der Waals surface area contributed by atoms with E-state index in [1.165, 1.54) is 21.1 Å². The van der Waals surface area contributed by atoms with E-state index in [0.717, 1.165) is 0 Å². The monoisotopic (exact) mass is 278 g/mol. The van der Waals surface area contributed by atoms with Crippen molar-refractivity contribution < 1.29 is 20.3 Å². The van der Waals surface area contributed by atoms with Crippen molar-refractivity contribution in [3.63, 3.8) is 0 Å². The third-order valence-electron chi connectivity index (χ3n) is 3.98. The first-order valence-corrected chi connectivity index (χ1v) is 12.0. The Morgan fingerprint density at radius 1 is 0.933 bits per heavy atom. The van der Waals surface area contributed by atoms with Crippen molar-refractivity contribution in [1.29, 1.82) is 0 Å². The van der Waals surface area contributed by atoms with Crippen molar-refractivity contribution in [3.8, 4) is 0 Å². The second kappa shape index (κ2) is 4.79. The molecule has 0 heterocycles. The standard InChI is InChI=1S/2C5H5.2C2H5.Zr/c2*1-2-4-5-3-1;2*1-2;/h2*1-3H,4H2;2*1H2,2H3;. The van der Waals surface area contributed by atoms with Crippen LogP contribution in [0.3, 0.4) is 0 Å². The fourth-order valence-electron chi connectivity index (χ4n) is 2.97. The van der Waals surface area contributed by atoms with Gasteiger partial charge in [0, 0.05) is 0 Å². The molecule has 15 heavy (non-hydrogen) atoms. The average Bonchev–Trinajstić information content (AvgIpc) is 2.92. The van der Waals surface area contributed by atoms with Gasteiger partial charge in [0.25, 0.3) is 0 Å². The van der Waals surface area contributed by atoms with Gasteiger partial charge >= 0.3 is 98.2 Å². The molecule has 0 aromatic rings. The van der Waals surface area contributed by atoms with Crippen LogP contribution >= 0.6 is 0 Å². The van der Waals surface area contributed by atoms with Crippen molar-refractivity contribution in [3.05, 3.63) is 43.0 Å². The molecule has 2 aliphatic rings. The van der Waals surface area contributed by atoms with E-state index in [1.807, 2.05) is 6.56 Å². The van der Waals surface area contributed by atoms with Crippen LogP contribution in [-0.4, -0.2) is 0 Å². The van der Waals surface area contributed by atoms with Crippen LogP contribution in [0.25, 0.3) is 0 Å². The minimum atomic E-state index is -2.11. The molecule has 0 radical (unpaired) electrons. The third kappa shape index (κ3) is 1.91. The summed E-state index contributed by atoms with van der Waals surface area (Å²) in [7, 11) is 0. The van der Waals surface area contributed by atoms with E-state index in [1.54, 1.807) is 0 Å². The molecule has 0 N–H and O–H groups in total. The number of hydrogen-bond acceptors (Lipinski definition) is 0. The summed E-state index contributed by atoms with van der Waals surface area (Å²) in [5, 5.41) is 0. The zero-order valence-electron chi connectivity index (χ0n) is 9.79. The first-order valence-electron chi connectivity index (χ1n) is 6.06. The summed E-state index contributed by atoms with van der Waals surface area (Å²) >= 11 is -2.11. The Balaban J connectivity index is 2.31. The molecule has 80 valence electrons.